The summed E-state index contributed by atoms with van der Waals surface area (Å²) in [6.45, 7) is 9.40. The number of hydrogen-bond donors (Lipinski definition) is 3. The predicted octanol–water partition coefficient (Wildman–Crippen LogP) is 2.14. The molecular formula is C24H35N3O6. The van der Waals surface area contributed by atoms with Crippen LogP contribution < -0.4 is 15.4 Å². The summed E-state index contributed by atoms with van der Waals surface area (Å²) < 4.78 is 11.6. The molecule has 1 aromatic rings. The average molecular weight is 462 g/mol. The lowest BCUT2D eigenvalue weighted by Gasteiger charge is -2.32. The highest BCUT2D eigenvalue weighted by Gasteiger charge is 2.46. The summed E-state index contributed by atoms with van der Waals surface area (Å²) in [4.78, 5) is 40.7. The number of amides is 3. The number of benzene rings is 1. The summed E-state index contributed by atoms with van der Waals surface area (Å²) in [6.07, 6.45) is -1.01. The van der Waals surface area contributed by atoms with Gasteiger partial charge >= 0.3 is 6.09 Å². The Labute approximate surface area is 194 Å². The van der Waals surface area contributed by atoms with Gasteiger partial charge < -0.3 is 25.2 Å². The first-order valence-corrected chi connectivity index (χ1v) is 11.5. The number of fused-ring (bicyclic) bond motifs is 8. The Morgan fingerprint density at radius 2 is 1.91 bits per heavy atom. The minimum atomic E-state index is -0.951. The third-order valence-electron chi connectivity index (χ3n) is 6.05. The van der Waals surface area contributed by atoms with E-state index in [1.54, 1.807) is 45.0 Å². The van der Waals surface area contributed by atoms with Crippen LogP contribution in [0.3, 0.4) is 0 Å². The maximum atomic E-state index is 13.5. The number of aliphatic hydroxyl groups excluding tert-OH is 1. The molecule has 1 saturated heterocycles. The lowest BCUT2D eigenvalue weighted by Crippen LogP contribution is -2.58. The first kappa shape index (κ1) is 24.8. The van der Waals surface area contributed by atoms with Gasteiger partial charge in [0.1, 0.15) is 23.5 Å². The van der Waals surface area contributed by atoms with E-state index in [1.165, 1.54) is 4.90 Å². The second-order valence-corrected chi connectivity index (χ2v) is 9.77. The minimum Gasteiger partial charge on any atom is -0.488 e. The molecule has 0 radical (unpaired) electrons. The zero-order chi connectivity index (χ0) is 24.3. The summed E-state index contributed by atoms with van der Waals surface area (Å²) in [5, 5.41) is 16.0. The summed E-state index contributed by atoms with van der Waals surface area (Å²) in [7, 11) is 0. The fraction of sp³-hybridized carbons (Fsp3) is 0.625. The SMILES string of the molecule is CCC(C)[C@@H]1NC(=O)[C@@H]2[C@@H](CCN2C(=O)OC(C)(C)C)Oc2ccc(cc2)C(O)CNC1=O. The number of hydrogen-bond acceptors (Lipinski definition) is 6. The summed E-state index contributed by atoms with van der Waals surface area (Å²) in [6, 6.07) is 5.09. The van der Waals surface area contributed by atoms with Crippen LogP contribution in [0, 0.1) is 5.92 Å². The lowest BCUT2D eigenvalue weighted by molar-refractivity contribution is -0.134. The first-order valence-electron chi connectivity index (χ1n) is 11.5. The zero-order valence-corrected chi connectivity index (χ0v) is 20.0. The first-order chi connectivity index (χ1) is 15.5. The second kappa shape index (κ2) is 9.99. The average Bonchev–Trinajstić information content (AvgIpc) is 3.17. The number of likely N-dealkylation sites (tertiary alicyclic amines) is 1. The standard InChI is InChI=1S/C24H35N3O6/c1-6-14(2)19-21(29)25-13-17(28)15-7-9-16(10-8-15)32-18-11-12-27(20(18)22(30)26-19)23(31)33-24(3,4)5/h7-10,14,17-20,28H,6,11-13H2,1-5H3,(H,25,29)(H,26,30)/t14?,17?,18-,19+,20+/m1/s1. The van der Waals surface area contributed by atoms with Crippen LogP contribution in [-0.2, 0) is 14.3 Å². The van der Waals surface area contributed by atoms with Gasteiger partial charge in [-0.05, 0) is 44.4 Å². The van der Waals surface area contributed by atoms with Crippen molar-refractivity contribution in [1.29, 1.82) is 0 Å². The van der Waals surface area contributed by atoms with Gasteiger partial charge in [0.2, 0.25) is 11.8 Å². The van der Waals surface area contributed by atoms with Crippen molar-refractivity contribution < 1.29 is 29.0 Å². The van der Waals surface area contributed by atoms with Crippen molar-refractivity contribution in [2.24, 2.45) is 5.92 Å². The summed E-state index contributed by atoms with van der Waals surface area (Å²) >= 11 is 0. The van der Waals surface area contributed by atoms with Crippen LogP contribution in [0.15, 0.2) is 24.3 Å². The molecular weight excluding hydrogens is 426 g/mol. The number of aliphatic hydroxyl groups is 1. The van der Waals surface area contributed by atoms with Crippen molar-refractivity contribution in [3.05, 3.63) is 29.8 Å². The highest BCUT2D eigenvalue weighted by atomic mass is 16.6. The maximum absolute atomic E-state index is 13.5. The molecule has 9 heteroatoms. The monoisotopic (exact) mass is 461 g/mol. The van der Waals surface area contributed by atoms with E-state index in [1.807, 2.05) is 13.8 Å². The van der Waals surface area contributed by atoms with Gasteiger partial charge in [-0.25, -0.2) is 4.79 Å². The Hall–Kier alpha value is -2.81. The number of carbonyl (C=O) groups is 3. The molecule has 3 amide bonds. The van der Waals surface area contributed by atoms with Gasteiger partial charge in [0, 0.05) is 19.5 Å². The van der Waals surface area contributed by atoms with Gasteiger partial charge in [-0.3, -0.25) is 14.5 Å². The van der Waals surface area contributed by atoms with E-state index in [2.05, 4.69) is 10.6 Å². The highest BCUT2D eigenvalue weighted by molar-refractivity contribution is 5.92. The normalized spacial score (nSPS) is 27.0. The fourth-order valence-electron chi connectivity index (χ4n) is 4.03. The predicted molar refractivity (Wildman–Crippen MR) is 122 cm³/mol. The van der Waals surface area contributed by atoms with Crippen LogP contribution in [0.1, 0.15) is 59.1 Å². The highest BCUT2D eigenvalue weighted by Crippen LogP contribution is 2.28. The third kappa shape index (κ3) is 5.96. The van der Waals surface area contributed by atoms with Gasteiger partial charge in [-0.1, -0.05) is 32.4 Å². The molecule has 3 aliphatic rings. The summed E-state index contributed by atoms with van der Waals surface area (Å²) in [5.74, 6) is -0.491. The van der Waals surface area contributed by atoms with Crippen molar-refractivity contribution in [3.8, 4) is 5.75 Å². The molecule has 3 heterocycles. The largest absolute Gasteiger partial charge is 0.488 e. The van der Waals surface area contributed by atoms with E-state index in [0.29, 0.717) is 24.2 Å². The van der Waals surface area contributed by atoms with Crippen LogP contribution >= 0.6 is 0 Å². The quantitative estimate of drug-likeness (QED) is 0.621. The molecule has 0 aliphatic carbocycles. The van der Waals surface area contributed by atoms with E-state index < -0.39 is 41.9 Å². The molecule has 4 rings (SSSR count). The Bertz CT molecular complexity index is 866. The van der Waals surface area contributed by atoms with E-state index >= 15 is 0 Å². The van der Waals surface area contributed by atoms with E-state index in [-0.39, 0.29) is 24.9 Å². The topological polar surface area (TPSA) is 117 Å². The molecule has 5 atom stereocenters. The summed E-state index contributed by atoms with van der Waals surface area (Å²) in [5.41, 5.74) is -0.0775. The fourth-order valence-corrected chi connectivity index (χ4v) is 4.03. The van der Waals surface area contributed by atoms with Gasteiger partial charge in [0.25, 0.3) is 0 Å². The van der Waals surface area contributed by atoms with Crippen LogP contribution in [0.25, 0.3) is 0 Å². The van der Waals surface area contributed by atoms with Crippen LogP contribution in [0.5, 0.6) is 5.75 Å². The third-order valence-corrected chi connectivity index (χ3v) is 6.05. The van der Waals surface area contributed by atoms with Crippen molar-refractivity contribution in [2.45, 2.75) is 77.4 Å². The van der Waals surface area contributed by atoms with E-state index in [9.17, 15) is 19.5 Å². The molecule has 1 fully saturated rings. The van der Waals surface area contributed by atoms with E-state index in [0.717, 1.165) is 0 Å². The molecule has 2 bridgehead atoms. The molecule has 0 spiro atoms. The number of nitrogens with one attached hydrogen (secondary N) is 2. The number of rotatable bonds is 2. The zero-order valence-electron chi connectivity index (χ0n) is 20.0. The molecule has 0 saturated carbocycles. The molecule has 0 aromatic heterocycles. The lowest BCUT2D eigenvalue weighted by atomic mass is 9.97. The molecule has 9 nitrogen and oxygen atoms in total. The van der Waals surface area contributed by atoms with Gasteiger partial charge in [-0.15, -0.1) is 0 Å². The Balaban J connectivity index is 1.96. The maximum Gasteiger partial charge on any atom is 0.411 e. The van der Waals surface area contributed by atoms with Gasteiger partial charge in [-0.2, -0.15) is 0 Å². The van der Waals surface area contributed by atoms with Gasteiger partial charge in [0.15, 0.2) is 6.04 Å². The van der Waals surface area contributed by atoms with E-state index in [4.69, 9.17) is 9.47 Å². The van der Waals surface area contributed by atoms with Crippen molar-refractivity contribution in [1.82, 2.24) is 15.5 Å². The number of ether oxygens (including phenoxy) is 2. The number of carbonyl (C=O) groups excluding carboxylic acids is 3. The minimum absolute atomic E-state index is 0.0118. The van der Waals surface area contributed by atoms with Crippen LogP contribution in [0.4, 0.5) is 4.79 Å². The molecule has 33 heavy (non-hydrogen) atoms. The molecule has 1 aromatic carbocycles. The van der Waals surface area contributed by atoms with Crippen molar-refractivity contribution >= 4 is 17.9 Å². The smallest absolute Gasteiger partial charge is 0.411 e. The molecule has 3 aliphatic heterocycles. The Morgan fingerprint density at radius 1 is 1.24 bits per heavy atom. The molecule has 182 valence electrons. The molecule has 3 N–H and O–H groups in total. The van der Waals surface area contributed by atoms with Crippen molar-refractivity contribution in [3.63, 3.8) is 0 Å². The Morgan fingerprint density at radius 3 is 2.52 bits per heavy atom. The van der Waals surface area contributed by atoms with Gasteiger partial charge in [0.05, 0.1) is 6.10 Å². The van der Waals surface area contributed by atoms with Crippen molar-refractivity contribution in [2.75, 3.05) is 13.1 Å². The van der Waals surface area contributed by atoms with Crippen LogP contribution in [0.2, 0.25) is 0 Å². The van der Waals surface area contributed by atoms with Crippen LogP contribution in [-0.4, -0.2) is 64.8 Å². The Kier molecular flexibility index (Phi) is 7.51. The second-order valence-electron chi connectivity index (χ2n) is 9.77. The number of nitrogens with zero attached hydrogens (tertiary/aromatic N) is 1. The molecule has 2 unspecified atom stereocenters.